The Morgan fingerprint density at radius 1 is 1.43 bits per heavy atom. The second kappa shape index (κ2) is 4.89. The van der Waals surface area contributed by atoms with Crippen LogP contribution in [-0.4, -0.2) is 45.7 Å². The van der Waals surface area contributed by atoms with Crippen molar-refractivity contribution in [2.75, 3.05) is 12.4 Å². The maximum Gasteiger partial charge on any atom is 0.351 e. The molecule has 2 saturated heterocycles. The first-order chi connectivity index (χ1) is 9.78. The molecule has 10 heteroatoms. The van der Waals surface area contributed by atoms with Crippen LogP contribution in [0.1, 0.15) is 13.2 Å². The molecule has 3 heterocycles. The molecule has 2 aliphatic rings. The summed E-state index contributed by atoms with van der Waals surface area (Å²) in [6.45, 7) is 3.01. The second-order valence-corrected chi connectivity index (χ2v) is 7.14. The lowest BCUT2D eigenvalue weighted by Crippen LogP contribution is -2.43. The topological polar surface area (TPSA) is 126 Å². The fourth-order valence-electron chi connectivity index (χ4n) is 2.63. The van der Waals surface area contributed by atoms with E-state index in [1.54, 1.807) is 6.92 Å². The Morgan fingerprint density at radius 3 is 2.81 bits per heavy atom. The standard InChI is InChI=1S/C11H16N3O6P/c1-5-8-9(20-21(2,17)19-5)7(15)10(18-8)14-4-3-6(12)13-11(14)16/h3-5,7-10,15H,1-2H3,(H2,12,13,16)/t5?,7-,8+,9-,10+,21?/m0/s1. The van der Waals surface area contributed by atoms with Gasteiger partial charge in [0, 0.05) is 12.9 Å². The molecule has 0 bridgehead atoms. The number of nitrogens with zero attached hydrogens (tertiary/aromatic N) is 2. The molecule has 116 valence electrons. The third-order valence-electron chi connectivity index (χ3n) is 3.51. The summed E-state index contributed by atoms with van der Waals surface area (Å²) in [5.74, 6) is 0.0761. The fourth-order valence-corrected chi connectivity index (χ4v) is 4.09. The summed E-state index contributed by atoms with van der Waals surface area (Å²) in [4.78, 5) is 15.4. The highest BCUT2D eigenvalue weighted by Gasteiger charge is 2.54. The molecule has 9 nitrogen and oxygen atoms in total. The zero-order chi connectivity index (χ0) is 15.4. The molecule has 21 heavy (non-hydrogen) atoms. The number of hydrogen-bond acceptors (Lipinski definition) is 8. The molecule has 0 spiro atoms. The van der Waals surface area contributed by atoms with Gasteiger partial charge < -0.3 is 20.1 Å². The van der Waals surface area contributed by atoms with Crippen molar-refractivity contribution in [3.8, 4) is 0 Å². The lowest BCUT2D eigenvalue weighted by molar-refractivity contribution is -0.0904. The van der Waals surface area contributed by atoms with Crippen molar-refractivity contribution < 1.29 is 23.5 Å². The molecule has 0 radical (unpaired) electrons. The van der Waals surface area contributed by atoms with Gasteiger partial charge in [-0.1, -0.05) is 0 Å². The van der Waals surface area contributed by atoms with Gasteiger partial charge >= 0.3 is 13.3 Å². The fraction of sp³-hybridized carbons (Fsp3) is 0.636. The molecule has 0 aliphatic carbocycles. The van der Waals surface area contributed by atoms with Gasteiger partial charge in [-0.3, -0.25) is 13.7 Å². The Morgan fingerprint density at radius 2 is 2.14 bits per heavy atom. The van der Waals surface area contributed by atoms with Crippen molar-refractivity contribution in [1.82, 2.24) is 9.55 Å². The van der Waals surface area contributed by atoms with Crippen LogP contribution in [0.3, 0.4) is 0 Å². The molecule has 1 aromatic heterocycles. The third-order valence-corrected chi connectivity index (χ3v) is 4.85. The van der Waals surface area contributed by atoms with E-state index in [1.165, 1.54) is 18.9 Å². The van der Waals surface area contributed by atoms with Gasteiger partial charge in [-0.15, -0.1) is 0 Å². The minimum absolute atomic E-state index is 0.0761. The van der Waals surface area contributed by atoms with Gasteiger partial charge in [0.05, 0.1) is 6.10 Å². The van der Waals surface area contributed by atoms with E-state index in [-0.39, 0.29) is 5.82 Å². The van der Waals surface area contributed by atoms with E-state index >= 15 is 0 Å². The Bertz CT molecular complexity index is 664. The molecule has 6 atom stereocenters. The molecule has 2 unspecified atom stereocenters. The van der Waals surface area contributed by atoms with E-state index in [0.717, 1.165) is 4.57 Å². The molecule has 2 fully saturated rings. The molecule has 2 aliphatic heterocycles. The zero-order valence-corrected chi connectivity index (χ0v) is 12.3. The average Bonchev–Trinajstić information content (AvgIpc) is 2.66. The lowest BCUT2D eigenvalue weighted by Gasteiger charge is -2.34. The van der Waals surface area contributed by atoms with Crippen LogP contribution in [0.15, 0.2) is 17.1 Å². The highest BCUT2D eigenvalue weighted by atomic mass is 31.2. The molecule has 3 rings (SSSR count). The monoisotopic (exact) mass is 317 g/mol. The third kappa shape index (κ3) is 2.51. The van der Waals surface area contributed by atoms with Crippen LogP contribution >= 0.6 is 7.60 Å². The van der Waals surface area contributed by atoms with E-state index in [1.807, 2.05) is 0 Å². The minimum atomic E-state index is -3.25. The summed E-state index contributed by atoms with van der Waals surface area (Å²) >= 11 is 0. The Kier molecular flexibility index (Phi) is 3.42. The molecule has 1 aromatic rings. The van der Waals surface area contributed by atoms with Crippen molar-refractivity contribution in [1.29, 1.82) is 0 Å². The molecule has 3 N–H and O–H groups in total. The first-order valence-corrected chi connectivity index (χ1v) is 8.40. The van der Waals surface area contributed by atoms with Crippen LogP contribution in [0.5, 0.6) is 0 Å². The first kappa shape index (κ1) is 14.7. The highest BCUT2D eigenvalue weighted by Crippen LogP contribution is 2.54. The van der Waals surface area contributed by atoms with Crippen molar-refractivity contribution in [3.63, 3.8) is 0 Å². The summed E-state index contributed by atoms with van der Waals surface area (Å²) in [5, 5.41) is 10.3. The largest absolute Gasteiger partial charge is 0.386 e. The van der Waals surface area contributed by atoms with Gasteiger partial charge in [-0.25, -0.2) is 4.79 Å². The Labute approximate surface area is 120 Å². The smallest absolute Gasteiger partial charge is 0.351 e. The maximum absolute atomic E-state index is 12.0. The van der Waals surface area contributed by atoms with Gasteiger partial charge in [0.1, 0.15) is 24.1 Å². The number of nitrogens with two attached hydrogens (primary N) is 1. The number of rotatable bonds is 1. The number of ether oxygens (including phenoxy) is 1. The van der Waals surface area contributed by atoms with Crippen LogP contribution in [0, 0.1) is 0 Å². The van der Waals surface area contributed by atoms with Gasteiger partial charge in [0.25, 0.3) is 0 Å². The number of nitrogen functional groups attached to an aromatic ring is 1. The number of aliphatic hydroxyl groups excluding tert-OH is 1. The van der Waals surface area contributed by atoms with E-state index in [2.05, 4.69) is 4.98 Å². The predicted molar refractivity (Wildman–Crippen MR) is 71.8 cm³/mol. The number of aliphatic hydroxyl groups is 1. The van der Waals surface area contributed by atoms with E-state index in [0.29, 0.717) is 0 Å². The molecule has 0 saturated carbocycles. The lowest BCUT2D eigenvalue weighted by atomic mass is 10.1. The van der Waals surface area contributed by atoms with Crippen LogP contribution in [-0.2, 0) is 18.3 Å². The van der Waals surface area contributed by atoms with Gasteiger partial charge in [0.15, 0.2) is 6.23 Å². The quantitative estimate of drug-likeness (QED) is 0.677. The van der Waals surface area contributed by atoms with Crippen LogP contribution in [0.2, 0.25) is 0 Å². The Balaban J connectivity index is 1.94. The van der Waals surface area contributed by atoms with Crippen molar-refractivity contribution >= 4 is 13.4 Å². The van der Waals surface area contributed by atoms with Gasteiger partial charge in [-0.2, -0.15) is 4.98 Å². The van der Waals surface area contributed by atoms with E-state index < -0.39 is 43.9 Å². The van der Waals surface area contributed by atoms with E-state index in [9.17, 15) is 14.5 Å². The molecule has 0 aromatic carbocycles. The molecule has 0 amide bonds. The van der Waals surface area contributed by atoms with Gasteiger partial charge in [0.2, 0.25) is 0 Å². The Hall–Kier alpha value is -1.25. The predicted octanol–water partition coefficient (Wildman–Crippen LogP) is -0.289. The summed E-state index contributed by atoms with van der Waals surface area (Å²) in [6.07, 6.45) is -2.78. The van der Waals surface area contributed by atoms with Crippen molar-refractivity contribution in [2.45, 2.75) is 37.6 Å². The van der Waals surface area contributed by atoms with Crippen LogP contribution in [0.4, 0.5) is 5.82 Å². The SMILES string of the molecule is CC1OP(C)(=O)O[C@H]2[C@H](O)[C@H](n3ccc(N)nc3=O)O[C@H]12. The summed E-state index contributed by atoms with van der Waals surface area (Å²) < 4.78 is 29.3. The van der Waals surface area contributed by atoms with Crippen molar-refractivity contribution in [2.24, 2.45) is 0 Å². The van der Waals surface area contributed by atoms with Crippen LogP contribution < -0.4 is 11.4 Å². The maximum atomic E-state index is 12.0. The number of fused-ring (bicyclic) bond motifs is 1. The zero-order valence-electron chi connectivity index (χ0n) is 11.4. The summed E-state index contributed by atoms with van der Waals surface area (Å²) in [6, 6.07) is 1.42. The molecular formula is C11H16N3O6P. The highest BCUT2D eigenvalue weighted by molar-refractivity contribution is 7.53. The van der Waals surface area contributed by atoms with Crippen molar-refractivity contribution in [3.05, 3.63) is 22.7 Å². The number of aromatic nitrogens is 2. The first-order valence-electron chi connectivity index (χ1n) is 6.41. The van der Waals surface area contributed by atoms with Crippen LogP contribution in [0.25, 0.3) is 0 Å². The summed E-state index contributed by atoms with van der Waals surface area (Å²) in [5.41, 5.74) is 4.78. The minimum Gasteiger partial charge on any atom is -0.386 e. The van der Waals surface area contributed by atoms with E-state index in [4.69, 9.17) is 19.5 Å². The average molecular weight is 317 g/mol. The second-order valence-electron chi connectivity index (χ2n) is 5.18. The normalized spacial score (nSPS) is 42.7. The number of anilines is 1. The number of hydrogen-bond donors (Lipinski definition) is 2. The van der Waals surface area contributed by atoms with Gasteiger partial charge in [-0.05, 0) is 13.0 Å². The summed E-state index contributed by atoms with van der Waals surface area (Å²) in [7, 11) is -3.25. The molecular weight excluding hydrogens is 301 g/mol.